The summed E-state index contributed by atoms with van der Waals surface area (Å²) >= 11 is 0. The van der Waals surface area contributed by atoms with Crippen molar-refractivity contribution in [3.05, 3.63) is 24.3 Å². The molecule has 0 saturated carbocycles. The fraction of sp³-hybridized carbons (Fsp3) is 0.625. The van der Waals surface area contributed by atoms with E-state index in [9.17, 15) is 0 Å². The first-order valence-electron chi connectivity index (χ1n) is 7.74. The van der Waals surface area contributed by atoms with Crippen LogP contribution in [0.25, 0.3) is 0 Å². The molecule has 0 atom stereocenters. The summed E-state index contributed by atoms with van der Waals surface area (Å²) in [6.45, 7) is 5.32. The van der Waals surface area contributed by atoms with Crippen LogP contribution in [0.4, 0.5) is 0 Å². The Morgan fingerprint density at radius 3 is 1.33 bits per heavy atom. The van der Waals surface area contributed by atoms with Crippen LogP contribution in [0.2, 0.25) is 0 Å². The van der Waals surface area contributed by atoms with Crippen LogP contribution in [0.1, 0.15) is 25.7 Å². The summed E-state index contributed by atoms with van der Waals surface area (Å²) in [6.07, 6.45) is 12.2. The Bertz CT molecular complexity index is 385. The summed E-state index contributed by atoms with van der Waals surface area (Å²) < 4.78 is 0. The molecule has 1 aromatic rings. The fourth-order valence-corrected chi connectivity index (χ4v) is 14.4. The Morgan fingerprint density at radius 1 is 0.667 bits per heavy atom. The molecule has 18 heavy (non-hydrogen) atoms. The minimum absolute atomic E-state index is 1.09. The summed E-state index contributed by atoms with van der Waals surface area (Å²) in [7, 11) is -2.17. The van der Waals surface area contributed by atoms with Crippen LogP contribution in [-0.4, -0.2) is 38.0 Å². The Hall–Kier alpha value is 0.0800. The van der Waals surface area contributed by atoms with Gasteiger partial charge in [0.15, 0.2) is 0 Å². The van der Waals surface area contributed by atoms with Crippen molar-refractivity contribution in [2.45, 2.75) is 25.7 Å². The Labute approximate surface area is 113 Å². The van der Waals surface area contributed by atoms with Crippen LogP contribution in [0.5, 0.6) is 0 Å². The van der Waals surface area contributed by atoms with Crippen molar-refractivity contribution < 1.29 is 0 Å². The monoisotopic (exact) mass is 282 g/mol. The number of hydrogen-bond donors (Lipinski definition) is 0. The molecule has 0 spiro atoms. The third kappa shape index (κ3) is 2.17. The second-order valence-electron chi connectivity index (χ2n) is 7.08. The van der Waals surface area contributed by atoms with E-state index < -0.39 is 14.5 Å². The van der Waals surface area contributed by atoms with Crippen LogP contribution in [0.3, 0.4) is 0 Å². The standard InChI is InChI=1S/C16H28P2/c1-17(11-5-6-12-17)15-9-3-4-10-16(15)18(2)13-7-8-14-18/h3-4,9-10,17-18H,5-8,11-14H2,1-2H3. The number of rotatable bonds is 2. The van der Waals surface area contributed by atoms with Crippen molar-refractivity contribution in [2.75, 3.05) is 38.0 Å². The van der Waals surface area contributed by atoms with Gasteiger partial charge in [-0.2, -0.15) is 0 Å². The molecule has 2 aliphatic rings. The number of hydrogen-bond acceptors (Lipinski definition) is 0. The summed E-state index contributed by atoms with van der Waals surface area (Å²) in [5, 5.41) is 3.75. The molecule has 2 heterocycles. The predicted molar refractivity (Wildman–Crippen MR) is 92.1 cm³/mol. The molecule has 0 radical (unpaired) electrons. The molecular weight excluding hydrogens is 254 g/mol. The van der Waals surface area contributed by atoms with Gasteiger partial charge in [-0.1, -0.05) is 0 Å². The van der Waals surface area contributed by atoms with E-state index in [1.165, 1.54) is 25.7 Å². The van der Waals surface area contributed by atoms with E-state index in [0.29, 0.717) is 0 Å². The van der Waals surface area contributed by atoms with Gasteiger partial charge >= 0.3 is 113 Å². The molecule has 2 aliphatic heterocycles. The zero-order valence-corrected chi connectivity index (χ0v) is 14.0. The van der Waals surface area contributed by atoms with Gasteiger partial charge in [-0.3, -0.25) is 0 Å². The van der Waals surface area contributed by atoms with Crippen molar-refractivity contribution in [3.8, 4) is 0 Å². The molecule has 2 fully saturated rings. The van der Waals surface area contributed by atoms with E-state index in [2.05, 4.69) is 37.6 Å². The Kier molecular flexibility index (Phi) is 3.55. The first-order chi connectivity index (χ1) is 8.64. The first-order valence-corrected chi connectivity index (χ1v) is 13.6. The first kappa shape index (κ1) is 13.1. The molecular formula is C16H28P2. The molecule has 102 valence electrons. The fourth-order valence-electron chi connectivity index (χ4n) is 4.39. The zero-order valence-electron chi connectivity index (χ0n) is 12.0. The van der Waals surface area contributed by atoms with E-state index in [0.717, 1.165) is 0 Å². The molecule has 0 aliphatic carbocycles. The van der Waals surface area contributed by atoms with Gasteiger partial charge in [0.05, 0.1) is 0 Å². The van der Waals surface area contributed by atoms with Crippen molar-refractivity contribution >= 4 is 25.1 Å². The topological polar surface area (TPSA) is 0 Å². The van der Waals surface area contributed by atoms with Gasteiger partial charge in [0.25, 0.3) is 0 Å². The maximum atomic E-state index is 2.66. The molecule has 0 bridgehead atoms. The van der Waals surface area contributed by atoms with Crippen LogP contribution >= 0.6 is 14.5 Å². The maximum absolute atomic E-state index is 2.66. The SMILES string of the molecule is C[PH]1(c2ccccc2[PH]2(C)CCCC2)CCCC1. The predicted octanol–water partition coefficient (Wildman–Crippen LogP) is 3.28. The van der Waals surface area contributed by atoms with E-state index >= 15 is 0 Å². The minimum atomic E-state index is -1.09. The van der Waals surface area contributed by atoms with E-state index in [4.69, 9.17) is 0 Å². The van der Waals surface area contributed by atoms with Crippen molar-refractivity contribution in [3.63, 3.8) is 0 Å². The summed E-state index contributed by atoms with van der Waals surface area (Å²) in [5.74, 6) is 0. The average molecular weight is 282 g/mol. The summed E-state index contributed by atoms with van der Waals surface area (Å²) in [4.78, 5) is 0. The second kappa shape index (κ2) is 4.88. The molecule has 1 aromatic carbocycles. The molecule has 2 saturated heterocycles. The van der Waals surface area contributed by atoms with Gasteiger partial charge in [0, 0.05) is 0 Å². The van der Waals surface area contributed by atoms with Crippen molar-refractivity contribution in [1.82, 2.24) is 0 Å². The van der Waals surface area contributed by atoms with Gasteiger partial charge < -0.3 is 0 Å². The molecule has 0 N–H and O–H groups in total. The van der Waals surface area contributed by atoms with Crippen LogP contribution in [0, 0.1) is 0 Å². The third-order valence-electron chi connectivity index (χ3n) is 5.64. The molecule has 2 heteroatoms. The molecule has 0 unspecified atom stereocenters. The van der Waals surface area contributed by atoms with E-state index in [1.54, 1.807) is 24.6 Å². The second-order valence-corrected chi connectivity index (χ2v) is 16.4. The summed E-state index contributed by atoms with van der Waals surface area (Å²) in [6, 6.07) is 9.65. The Morgan fingerprint density at radius 2 is 1.00 bits per heavy atom. The summed E-state index contributed by atoms with van der Waals surface area (Å²) in [5.41, 5.74) is 0. The van der Waals surface area contributed by atoms with Crippen molar-refractivity contribution in [2.24, 2.45) is 0 Å². The van der Waals surface area contributed by atoms with Crippen molar-refractivity contribution in [1.29, 1.82) is 0 Å². The third-order valence-corrected chi connectivity index (χ3v) is 15.2. The Balaban J connectivity index is 2.05. The van der Waals surface area contributed by atoms with Crippen LogP contribution in [0.15, 0.2) is 24.3 Å². The van der Waals surface area contributed by atoms with Gasteiger partial charge in [-0.05, 0) is 0 Å². The van der Waals surface area contributed by atoms with Crippen LogP contribution in [-0.2, 0) is 0 Å². The van der Waals surface area contributed by atoms with Gasteiger partial charge in [-0.25, -0.2) is 0 Å². The van der Waals surface area contributed by atoms with Gasteiger partial charge in [0.1, 0.15) is 0 Å². The number of benzene rings is 1. The van der Waals surface area contributed by atoms with Gasteiger partial charge in [0.2, 0.25) is 0 Å². The van der Waals surface area contributed by atoms with E-state index in [-0.39, 0.29) is 0 Å². The molecule has 3 rings (SSSR count). The normalized spacial score (nSPS) is 29.0. The van der Waals surface area contributed by atoms with Gasteiger partial charge in [-0.15, -0.1) is 0 Å². The average Bonchev–Trinajstić information content (AvgIpc) is 3.00. The zero-order chi connectivity index (χ0) is 12.6. The molecule has 0 amide bonds. The van der Waals surface area contributed by atoms with Crippen LogP contribution < -0.4 is 10.6 Å². The molecule has 0 aromatic heterocycles. The van der Waals surface area contributed by atoms with E-state index in [1.807, 2.05) is 10.6 Å². The molecule has 0 nitrogen and oxygen atoms in total. The quantitative estimate of drug-likeness (QED) is 0.730.